The summed E-state index contributed by atoms with van der Waals surface area (Å²) >= 11 is 0. The van der Waals surface area contributed by atoms with Crippen molar-refractivity contribution in [3.63, 3.8) is 0 Å². The number of fused-ring (bicyclic) bond motifs is 12. The van der Waals surface area contributed by atoms with Crippen LogP contribution in [0.1, 0.15) is 22.3 Å². The van der Waals surface area contributed by atoms with Gasteiger partial charge >= 0.3 is 0 Å². The third-order valence-corrected chi connectivity index (χ3v) is 13.1. The minimum atomic E-state index is -0.536. The van der Waals surface area contributed by atoms with E-state index < -0.39 is 5.41 Å². The Kier molecular flexibility index (Phi) is 7.75. The number of hydrogen-bond donors (Lipinski definition) is 0. The molecule has 9 aromatic carbocycles. The van der Waals surface area contributed by atoms with E-state index in [9.17, 15) is 0 Å². The molecule has 294 valence electrons. The number of hydrogen-bond acceptors (Lipinski definition) is 4. The number of nitrogens with zero attached hydrogens (tertiary/aromatic N) is 5. The Morgan fingerprint density at radius 1 is 0.333 bits per heavy atom. The Morgan fingerprint density at radius 3 is 1.52 bits per heavy atom. The molecule has 5 nitrogen and oxygen atoms in total. The highest BCUT2D eigenvalue weighted by molar-refractivity contribution is 6.10. The molecule has 0 atom stereocenters. The fourth-order valence-electron chi connectivity index (χ4n) is 10.4. The molecule has 2 aromatic heterocycles. The second kappa shape index (κ2) is 13.8. The van der Waals surface area contributed by atoms with Crippen molar-refractivity contribution in [1.82, 2.24) is 19.5 Å². The molecule has 0 N–H and O–H groups in total. The molecular formula is C58H37N5. The Labute approximate surface area is 364 Å². The fourth-order valence-corrected chi connectivity index (χ4v) is 10.4. The maximum atomic E-state index is 5.16. The van der Waals surface area contributed by atoms with E-state index in [0.717, 1.165) is 49.7 Å². The molecule has 0 saturated carbocycles. The molecule has 1 spiro atoms. The Morgan fingerprint density at radius 2 is 0.841 bits per heavy atom. The molecule has 1 aliphatic heterocycles. The third-order valence-electron chi connectivity index (χ3n) is 13.1. The van der Waals surface area contributed by atoms with Crippen molar-refractivity contribution in [1.29, 1.82) is 0 Å². The number of anilines is 3. The molecule has 63 heavy (non-hydrogen) atoms. The summed E-state index contributed by atoms with van der Waals surface area (Å²) in [5.41, 5.74) is 16.9. The highest BCUT2D eigenvalue weighted by atomic mass is 15.2. The van der Waals surface area contributed by atoms with Gasteiger partial charge in [-0.3, -0.25) is 4.57 Å². The van der Waals surface area contributed by atoms with Crippen LogP contribution >= 0.6 is 0 Å². The van der Waals surface area contributed by atoms with Crippen LogP contribution in [0, 0.1) is 0 Å². The predicted octanol–water partition coefficient (Wildman–Crippen LogP) is 14.1. The molecule has 1 aliphatic carbocycles. The van der Waals surface area contributed by atoms with Gasteiger partial charge in [0, 0.05) is 27.6 Å². The average molecular weight is 804 g/mol. The van der Waals surface area contributed by atoms with Crippen molar-refractivity contribution < 1.29 is 0 Å². The second-order valence-electron chi connectivity index (χ2n) is 16.4. The molecular weight excluding hydrogens is 767 g/mol. The van der Waals surface area contributed by atoms with Gasteiger partial charge in [0.15, 0.2) is 11.6 Å². The molecule has 2 aliphatic rings. The summed E-state index contributed by atoms with van der Waals surface area (Å²) in [6.45, 7) is 0. The molecule has 0 unspecified atom stereocenters. The van der Waals surface area contributed by atoms with Crippen molar-refractivity contribution in [2.24, 2.45) is 0 Å². The van der Waals surface area contributed by atoms with Crippen LogP contribution in [0.25, 0.3) is 72.8 Å². The van der Waals surface area contributed by atoms with Crippen LogP contribution in [0.3, 0.4) is 0 Å². The molecule has 11 aromatic rings. The summed E-state index contributed by atoms with van der Waals surface area (Å²) in [5.74, 6) is 1.85. The Balaban J connectivity index is 1.02. The van der Waals surface area contributed by atoms with Gasteiger partial charge in [0.2, 0.25) is 5.95 Å². The summed E-state index contributed by atoms with van der Waals surface area (Å²) in [4.78, 5) is 17.7. The molecule has 5 heteroatoms. The summed E-state index contributed by atoms with van der Waals surface area (Å²) in [6.07, 6.45) is 0. The standard InChI is InChI=1S/C58H37N5/c1-4-18-38(19-5-1)55-59-56(39-20-6-2-7-21-39)61-57(60-55)63-51-29-15-11-25-45(51)46-36-40(33-35-52(46)63)41-32-34-44-43-24-10-12-26-47(43)58(50(44)37-41)48-27-13-16-30-53(48)62(42-22-8-3-9-23-42)54-31-17-14-28-49(54)58/h1-37H. The van der Waals surface area contributed by atoms with Crippen LogP contribution < -0.4 is 4.90 Å². The zero-order valence-corrected chi connectivity index (χ0v) is 34.1. The van der Waals surface area contributed by atoms with Crippen molar-refractivity contribution in [2.75, 3.05) is 4.90 Å². The molecule has 0 radical (unpaired) electrons. The first-order valence-corrected chi connectivity index (χ1v) is 21.5. The highest BCUT2D eigenvalue weighted by Gasteiger charge is 2.51. The largest absolute Gasteiger partial charge is 0.310 e. The zero-order chi connectivity index (χ0) is 41.5. The van der Waals surface area contributed by atoms with Crippen LogP contribution in [0.4, 0.5) is 17.1 Å². The van der Waals surface area contributed by atoms with E-state index in [1.807, 2.05) is 36.4 Å². The summed E-state index contributed by atoms with van der Waals surface area (Å²) in [7, 11) is 0. The molecule has 13 rings (SSSR count). The maximum Gasteiger partial charge on any atom is 0.238 e. The minimum absolute atomic E-state index is 0.536. The first-order valence-electron chi connectivity index (χ1n) is 21.5. The van der Waals surface area contributed by atoms with E-state index in [0.29, 0.717) is 17.6 Å². The van der Waals surface area contributed by atoms with Crippen LogP contribution in [0.5, 0.6) is 0 Å². The monoisotopic (exact) mass is 803 g/mol. The van der Waals surface area contributed by atoms with Gasteiger partial charge in [0.1, 0.15) is 0 Å². The van der Waals surface area contributed by atoms with Crippen LogP contribution in [-0.2, 0) is 5.41 Å². The summed E-state index contributed by atoms with van der Waals surface area (Å²) in [5, 5.41) is 2.27. The van der Waals surface area contributed by atoms with E-state index in [-0.39, 0.29) is 0 Å². The lowest BCUT2D eigenvalue weighted by Crippen LogP contribution is -2.36. The van der Waals surface area contributed by atoms with Crippen LogP contribution in [0.15, 0.2) is 224 Å². The van der Waals surface area contributed by atoms with E-state index in [2.05, 4.69) is 198 Å². The van der Waals surface area contributed by atoms with Crippen molar-refractivity contribution >= 4 is 38.9 Å². The second-order valence-corrected chi connectivity index (χ2v) is 16.4. The number of benzene rings is 9. The van der Waals surface area contributed by atoms with Gasteiger partial charge in [-0.2, -0.15) is 9.97 Å². The third kappa shape index (κ3) is 5.20. The molecule has 0 fully saturated rings. The van der Waals surface area contributed by atoms with Gasteiger partial charge in [0.25, 0.3) is 0 Å². The van der Waals surface area contributed by atoms with Gasteiger partial charge in [-0.15, -0.1) is 0 Å². The summed E-state index contributed by atoms with van der Waals surface area (Å²) in [6, 6.07) is 80.6. The number of para-hydroxylation sites is 4. The fraction of sp³-hybridized carbons (Fsp3) is 0.0172. The number of rotatable bonds is 5. The first-order chi connectivity index (χ1) is 31.3. The van der Waals surface area contributed by atoms with Crippen LogP contribution in [0.2, 0.25) is 0 Å². The number of aromatic nitrogens is 4. The van der Waals surface area contributed by atoms with Gasteiger partial charge in [-0.1, -0.05) is 176 Å². The molecule has 0 saturated heterocycles. The first kappa shape index (κ1) is 35.4. The van der Waals surface area contributed by atoms with Crippen molar-refractivity contribution in [3.05, 3.63) is 247 Å². The Hall–Kier alpha value is -8.41. The van der Waals surface area contributed by atoms with Crippen molar-refractivity contribution in [3.8, 4) is 51.0 Å². The molecule has 0 bridgehead atoms. The minimum Gasteiger partial charge on any atom is -0.310 e. The van der Waals surface area contributed by atoms with Crippen LogP contribution in [-0.4, -0.2) is 19.5 Å². The summed E-state index contributed by atoms with van der Waals surface area (Å²) < 4.78 is 2.19. The lowest BCUT2D eigenvalue weighted by atomic mass is 9.64. The molecule has 3 heterocycles. The zero-order valence-electron chi connectivity index (χ0n) is 34.1. The highest BCUT2D eigenvalue weighted by Crippen LogP contribution is 2.63. The predicted molar refractivity (Wildman–Crippen MR) is 256 cm³/mol. The topological polar surface area (TPSA) is 46.8 Å². The van der Waals surface area contributed by atoms with E-state index in [4.69, 9.17) is 15.0 Å². The van der Waals surface area contributed by atoms with Gasteiger partial charge in [-0.25, -0.2) is 4.98 Å². The molecule has 0 amide bonds. The SMILES string of the molecule is c1ccc(-c2nc(-c3ccccc3)nc(-n3c4ccccc4c4cc(-c5ccc6c(c5)C5(c7ccccc7-6)c6ccccc6N(c6ccccc6)c6ccccc65)ccc43)n2)cc1. The maximum absolute atomic E-state index is 5.16. The van der Waals surface area contributed by atoms with Gasteiger partial charge < -0.3 is 4.90 Å². The average Bonchev–Trinajstić information content (AvgIpc) is 3.85. The smallest absolute Gasteiger partial charge is 0.238 e. The van der Waals surface area contributed by atoms with E-state index in [1.165, 1.54) is 44.8 Å². The normalized spacial score (nSPS) is 13.2. The van der Waals surface area contributed by atoms with Gasteiger partial charge in [-0.05, 0) is 93.0 Å². The Bertz CT molecular complexity index is 3470. The van der Waals surface area contributed by atoms with Gasteiger partial charge in [0.05, 0.1) is 27.8 Å². The van der Waals surface area contributed by atoms with E-state index in [1.54, 1.807) is 0 Å². The lowest BCUT2D eigenvalue weighted by molar-refractivity contribution is 0.753. The van der Waals surface area contributed by atoms with Crippen molar-refractivity contribution in [2.45, 2.75) is 5.41 Å². The quantitative estimate of drug-likeness (QED) is 0.174. The lowest BCUT2D eigenvalue weighted by Gasteiger charge is -2.45. The van der Waals surface area contributed by atoms with E-state index >= 15 is 0 Å².